The number of benzene rings is 1. The minimum atomic E-state index is 0.267. The maximum Gasteiger partial charge on any atom is 0.143 e. The molecule has 1 aliphatic carbocycles. The number of carbonyl (C=O) groups excluding carboxylic acids is 1. The number of carbonyl (C=O) groups is 1. The molecule has 0 amide bonds. The van der Waals surface area contributed by atoms with Crippen LogP contribution in [0.4, 0.5) is 0 Å². The van der Waals surface area contributed by atoms with E-state index in [1.807, 2.05) is 0 Å². The van der Waals surface area contributed by atoms with Crippen LogP contribution >= 0.6 is 0 Å². The first-order valence-corrected chi connectivity index (χ1v) is 15.7. The average Bonchev–Trinajstić information content (AvgIpc) is 3.50. The van der Waals surface area contributed by atoms with E-state index < -0.39 is 0 Å². The molecule has 0 radical (unpaired) electrons. The molecule has 6 rings (SSSR count). The number of ketones is 1. The van der Waals surface area contributed by atoms with Crippen LogP contribution in [0.25, 0.3) is 11.0 Å². The highest BCUT2D eigenvalue weighted by atomic mass is 16.1. The first kappa shape index (κ1) is 25.6. The van der Waals surface area contributed by atoms with E-state index in [0.29, 0.717) is 12.6 Å². The zero-order valence-electron chi connectivity index (χ0n) is 23.1. The van der Waals surface area contributed by atoms with Crippen molar-refractivity contribution in [1.29, 1.82) is 0 Å². The van der Waals surface area contributed by atoms with Crippen molar-refractivity contribution < 1.29 is 4.79 Å². The molecule has 37 heavy (non-hydrogen) atoms. The van der Waals surface area contributed by atoms with E-state index in [2.05, 4.69) is 38.6 Å². The van der Waals surface area contributed by atoms with E-state index in [0.717, 1.165) is 43.0 Å². The van der Waals surface area contributed by atoms with Gasteiger partial charge < -0.3 is 4.57 Å². The normalized spacial score (nSPS) is 31.1. The molecule has 0 spiro atoms. The Bertz CT molecular complexity index is 1040. The zero-order chi connectivity index (χ0) is 25.2. The van der Waals surface area contributed by atoms with Crippen LogP contribution in [0.1, 0.15) is 128 Å². The van der Waals surface area contributed by atoms with Crippen LogP contribution in [0.2, 0.25) is 0 Å². The number of piperidine rings is 2. The summed E-state index contributed by atoms with van der Waals surface area (Å²) in [6, 6.07) is 11.8. The van der Waals surface area contributed by atoms with Gasteiger partial charge in [0, 0.05) is 24.2 Å². The second kappa shape index (κ2) is 11.6. The molecular weight excluding hydrogens is 456 g/mol. The Morgan fingerprint density at radius 1 is 0.784 bits per heavy atom. The SMILES string of the molecule is CC(=O)CN1CCC[C@@H]1c1nc2ccccc2n1[C@H]1C[C@H]2CCC[C@@H](C1)N2C1CCCCCCCCC1. The van der Waals surface area contributed by atoms with Crippen molar-refractivity contribution in [2.45, 2.75) is 140 Å². The Balaban J connectivity index is 1.29. The molecule has 0 N–H and O–H groups in total. The molecular formula is C32H48N4O. The molecule has 2 aromatic rings. The molecule has 5 heteroatoms. The minimum absolute atomic E-state index is 0.267. The van der Waals surface area contributed by atoms with E-state index in [4.69, 9.17) is 4.98 Å². The summed E-state index contributed by atoms with van der Waals surface area (Å²) >= 11 is 0. The average molecular weight is 505 g/mol. The van der Waals surface area contributed by atoms with E-state index in [9.17, 15) is 4.79 Å². The van der Waals surface area contributed by atoms with Crippen molar-refractivity contribution in [3.8, 4) is 0 Å². The number of nitrogens with zero attached hydrogens (tertiary/aromatic N) is 4. The number of para-hydroxylation sites is 2. The molecule has 3 aliphatic heterocycles. The van der Waals surface area contributed by atoms with E-state index in [1.54, 1.807) is 6.92 Å². The molecule has 4 heterocycles. The third kappa shape index (κ3) is 5.41. The summed E-state index contributed by atoms with van der Waals surface area (Å²) in [7, 11) is 0. The lowest BCUT2D eigenvalue weighted by Crippen LogP contribution is -2.56. The second-order valence-electron chi connectivity index (χ2n) is 12.7. The highest BCUT2D eigenvalue weighted by Gasteiger charge is 2.43. The molecule has 4 atom stereocenters. The summed E-state index contributed by atoms with van der Waals surface area (Å²) in [5, 5.41) is 0. The predicted molar refractivity (Wildman–Crippen MR) is 151 cm³/mol. The van der Waals surface area contributed by atoms with Gasteiger partial charge in [0.05, 0.1) is 23.6 Å². The van der Waals surface area contributed by atoms with Crippen molar-refractivity contribution in [2.75, 3.05) is 13.1 Å². The Kier molecular flexibility index (Phi) is 7.99. The van der Waals surface area contributed by atoms with Crippen LogP contribution in [-0.4, -0.2) is 56.3 Å². The fourth-order valence-electron chi connectivity index (χ4n) is 8.56. The highest BCUT2D eigenvalue weighted by Crippen LogP contribution is 2.45. The standard InChI is InChI=1S/C32H48N4O/c1-24(37)23-34-20-12-19-31(34)32-33-29-17-9-10-18-30(29)36(32)28-21-26-15-11-16-27(22-28)35(26)25-13-7-5-3-2-4-6-8-14-25/h9-10,17-18,25-28,31H,2-8,11-16,19-23H2,1H3/t26-,27+,28+,31-/m1/s1. The monoisotopic (exact) mass is 504 g/mol. The quantitative estimate of drug-likeness (QED) is 0.431. The molecule has 5 nitrogen and oxygen atoms in total. The Hall–Kier alpha value is -1.72. The third-order valence-corrected chi connectivity index (χ3v) is 10.1. The number of hydrogen-bond acceptors (Lipinski definition) is 4. The lowest BCUT2D eigenvalue weighted by molar-refractivity contribution is -0.118. The number of aromatic nitrogens is 2. The summed E-state index contributed by atoms with van der Waals surface area (Å²) < 4.78 is 2.66. The molecule has 2 bridgehead atoms. The van der Waals surface area contributed by atoms with Gasteiger partial charge in [-0.25, -0.2) is 4.98 Å². The second-order valence-corrected chi connectivity index (χ2v) is 12.7. The summed E-state index contributed by atoms with van der Waals surface area (Å²) in [5.74, 6) is 1.50. The van der Waals surface area contributed by atoms with Gasteiger partial charge in [0.25, 0.3) is 0 Å². The predicted octanol–water partition coefficient (Wildman–Crippen LogP) is 7.21. The topological polar surface area (TPSA) is 41.4 Å². The minimum Gasteiger partial charge on any atom is -0.323 e. The molecule has 4 aliphatic rings. The van der Waals surface area contributed by atoms with Gasteiger partial charge >= 0.3 is 0 Å². The molecule has 0 unspecified atom stereocenters. The lowest BCUT2D eigenvalue weighted by atomic mass is 9.79. The largest absolute Gasteiger partial charge is 0.323 e. The molecule has 1 aromatic carbocycles. The number of Topliss-reactive ketones (excluding diaryl/α,β-unsaturated/α-hetero) is 1. The fraction of sp³-hybridized carbons (Fsp3) is 0.750. The van der Waals surface area contributed by atoms with Gasteiger partial charge in [-0.3, -0.25) is 14.6 Å². The Morgan fingerprint density at radius 2 is 1.43 bits per heavy atom. The number of fused-ring (bicyclic) bond motifs is 3. The smallest absolute Gasteiger partial charge is 0.143 e. The first-order valence-electron chi connectivity index (χ1n) is 15.7. The van der Waals surface area contributed by atoms with E-state index in [-0.39, 0.29) is 11.8 Å². The fourth-order valence-corrected chi connectivity index (χ4v) is 8.56. The molecule has 1 saturated carbocycles. The molecule has 202 valence electrons. The van der Waals surface area contributed by atoms with Gasteiger partial charge in [0.1, 0.15) is 11.6 Å². The first-order chi connectivity index (χ1) is 18.2. The number of hydrogen-bond donors (Lipinski definition) is 0. The summed E-state index contributed by atoms with van der Waals surface area (Å²) in [6.45, 7) is 3.30. The summed E-state index contributed by atoms with van der Waals surface area (Å²) in [4.78, 5) is 22.8. The molecule has 3 saturated heterocycles. The maximum absolute atomic E-state index is 12.1. The van der Waals surface area contributed by atoms with Crippen LogP contribution in [0.15, 0.2) is 24.3 Å². The Morgan fingerprint density at radius 3 is 2.14 bits per heavy atom. The van der Waals surface area contributed by atoms with Crippen molar-refractivity contribution >= 4 is 16.8 Å². The summed E-state index contributed by atoms with van der Waals surface area (Å²) in [5.41, 5.74) is 2.44. The van der Waals surface area contributed by atoms with Crippen LogP contribution in [-0.2, 0) is 4.79 Å². The molecule has 1 aromatic heterocycles. The number of likely N-dealkylation sites (tertiary alicyclic amines) is 1. The van der Waals surface area contributed by atoms with Gasteiger partial charge in [-0.1, -0.05) is 63.5 Å². The van der Waals surface area contributed by atoms with Crippen molar-refractivity contribution in [3.05, 3.63) is 30.1 Å². The van der Waals surface area contributed by atoms with Crippen LogP contribution in [0.5, 0.6) is 0 Å². The van der Waals surface area contributed by atoms with Gasteiger partial charge in [-0.15, -0.1) is 0 Å². The van der Waals surface area contributed by atoms with Crippen LogP contribution in [0.3, 0.4) is 0 Å². The van der Waals surface area contributed by atoms with Gasteiger partial charge in [0.15, 0.2) is 0 Å². The number of rotatable bonds is 5. The van der Waals surface area contributed by atoms with Crippen LogP contribution in [0, 0.1) is 0 Å². The van der Waals surface area contributed by atoms with E-state index in [1.165, 1.54) is 101 Å². The van der Waals surface area contributed by atoms with Crippen molar-refractivity contribution in [3.63, 3.8) is 0 Å². The van der Waals surface area contributed by atoms with Gasteiger partial charge in [-0.05, 0) is 77.0 Å². The third-order valence-electron chi connectivity index (χ3n) is 10.1. The molecule has 4 fully saturated rings. The highest BCUT2D eigenvalue weighted by molar-refractivity contribution is 5.78. The maximum atomic E-state index is 12.1. The van der Waals surface area contributed by atoms with Gasteiger partial charge in [0.2, 0.25) is 0 Å². The van der Waals surface area contributed by atoms with Crippen molar-refractivity contribution in [2.24, 2.45) is 0 Å². The van der Waals surface area contributed by atoms with Crippen molar-refractivity contribution in [1.82, 2.24) is 19.4 Å². The van der Waals surface area contributed by atoms with E-state index >= 15 is 0 Å². The summed E-state index contributed by atoms with van der Waals surface area (Å²) in [6.07, 6.45) is 21.8. The zero-order valence-corrected chi connectivity index (χ0v) is 23.1. The van der Waals surface area contributed by atoms with Crippen LogP contribution < -0.4 is 0 Å². The Labute approximate surface area is 224 Å². The van der Waals surface area contributed by atoms with Gasteiger partial charge in [-0.2, -0.15) is 0 Å². The lowest BCUT2D eigenvalue weighted by Gasteiger charge is -2.53. The number of imidazole rings is 1.